The quantitative estimate of drug-likeness (QED) is 0.691. The monoisotopic (exact) mass is 426 g/mol. The van der Waals surface area contributed by atoms with Crippen molar-refractivity contribution in [2.24, 2.45) is 17.8 Å². The van der Waals surface area contributed by atoms with E-state index in [9.17, 15) is 13.6 Å². The fourth-order valence-corrected chi connectivity index (χ4v) is 4.15. The molecular weight excluding hydrogens is 402 g/mol. The molecule has 2 unspecified atom stereocenters. The van der Waals surface area contributed by atoms with Gasteiger partial charge in [-0.2, -0.15) is 5.26 Å². The zero-order valence-corrected chi connectivity index (χ0v) is 17.7. The summed E-state index contributed by atoms with van der Waals surface area (Å²) in [7, 11) is 0. The van der Waals surface area contributed by atoms with Crippen LogP contribution in [0.1, 0.15) is 26.3 Å². The Morgan fingerprint density at radius 1 is 1.10 bits per heavy atom. The summed E-state index contributed by atoms with van der Waals surface area (Å²) < 4.78 is 40.0. The average molecular weight is 426 g/mol. The number of piperidine rings is 1. The van der Waals surface area contributed by atoms with Crippen LogP contribution in [0.25, 0.3) is 11.1 Å². The molecule has 1 heterocycles. The van der Waals surface area contributed by atoms with Gasteiger partial charge >= 0.3 is 6.09 Å². The van der Waals surface area contributed by atoms with E-state index in [-0.39, 0.29) is 36.2 Å². The number of hydrogen-bond acceptors (Lipinski definition) is 4. The van der Waals surface area contributed by atoms with Crippen molar-refractivity contribution in [1.29, 1.82) is 5.26 Å². The average Bonchev–Trinajstić information content (AvgIpc) is 3.15. The third kappa shape index (κ3) is 4.48. The van der Waals surface area contributed by atoms with Crippen LogP contribution in [-0.4, -0.2) is 36.3 Å². The number of nitrogens with zero attached hydrogens (tertiary/aromatic N) is 2. The number of fused-ring (bicyclic) bond motifs is 1. The minimum Gasteiger partial charge on any atom is -0.487 e. The fraction of sp³-hybridized carbons (Fsp3) is 0.417. The van der Waals surface area contributed by atoms with Gasteiger partial charge in [0.05, 0.1) is 18.2 Å². The third-order valence-electron chi connectivity index (χ3n) is 5.79. The van der Waals surface area contributed by atoms with E-state index >= 15 is 0 Å². The summed E-state index contributed by atoms with van der Waals surface area (Å²) in [6.45, 7) is 6.85. The SMILES string of the molecule is CC(C)(C)OC(=O)N1CC2C(COc3c(F)cc(-c4ccc(C#N)cc4)cc3F)C2C1. The predicted molar refractivity (Wildman–Crippen MR) is 110 cm³/mol. The molecule has 0 N–H and O–H groups in total. The number of hydrogen-bond donors (Lipinski definition) is 0. The Morgan fingerprint density at radius 2 is 1.68 bits per heavy atom. The van der Waals surface area contributed by atoms with E-state index in [2.05, 4.69) is 0 Å². The van der Waals surface area contributed by atoms with Gasteiger partial charge in [-0.3, -0.25) is 0 Å². The standard InChI is InChI=1S/C24H24F2N2O3/c1-24(2,3)31-23(29)28-11-17-18(12-28)19(17)13-30-22-20(25)8-16(9-21(22)26)15-6-4-14(10-27)5-7-15/h4-9,17-19H,11-13H2,1-3H3. The first-order chi connectivity index (χ1) is 14.7. The number of carbonyl (C=O) groups is 1. The van der Waals surface area contributed by atoms with Crippen molar-refractivity contribution >= 4 is 6.09 Å². The molecule has 1 aliphatic heterocycles. The predicted octanol–water partition coefficient (Wildman–Crippen LogP) is 5.00. The molecule has 0 spiro atoms. The third-order valence-corrected chi connectivity index (χ3v) is 5.79. The van der Waals surface area contributed by atoms with Crippen molar-refractivity contribution in [1.82, 2.24) is 4.90 Å². The Hall–Kier alpha value is -3.14. The molecule has 31 heavy (non-hydrogen) atoms. The van der Waals surface area contributed by atoms with Gasteiger partial charge in [0.2, 0.25) is 0 Å². The molecule has 1 saturated heterocycles. The molecule has 1 aliphatic carbocycles. The fourth-order valence-electron chi connectivity index (χ4n) is 4.15. The molecule has 0 aromatic heterocycles. The Balaban J connectivity index is 1.34. The number of amides is 1. The van der Waals surface area contributed by atoms with E-state index in [1.54, 1.807) is 29.2 Å². The Morgan fingerprint density at radius 3 is 2.19 bits per heavy atom. The van der Waals surface area contributed by atoms with Gasteiger partial charge in [-0.25, -0.2) is 13.6 Å². The Kier molecular flexibility index (Phi) is 5.34. The van der Waals surface area contributed by atoms with Gasteiger partial charge in [-0.1, -0.05) is 12.1 Å². The van der Waals surface area contributed by atoms with Gasteiger partial charge in [0, 0.05) is 19.0 Å². The maximum Gasteiger partial charge on any atom is 0.410 e. The van der Waals surface area contributed by atoms with Gasteiger partial charge in [0.25, 0.3) is 0 Å². The molecule has 2 fully saturated rings. The van der Waals surface area contributed by atoms with Gasteiger partial charge in [-0.05, 0) is 68.0 Å². The number of halogens is 2. The lowest BCUT2D eigenvalue weighted by atomic mass is 10.0. The van der Waals surface area contributed by atoms with Crippen molar-refractivity contribution in [2.45, 2.75) is 26.4 Å². The molecule has 0 radical (unpaired) electrons. The van der Waals surface area contributed by atoms with Crippen LogP contribution >= 0.6 is 0 Å². The number of ether oxygens (including phenoxy) is 2. The lowest BCUT2D eigenvalue weighted by molar-refractivity contribution is 0.0260. The molecule has 0 bridgehead atoms. The number of likely N-dealkylation sites (tertiary alicyclic amines) is 1. The molecule has 2 aromatic carbocycles. The molecule has 2 atom stereocenters. The lowest BCUT2D eigenvalue weighted by Crippen LogP contribution is -2.37. The number of carbonyl (C=O) groups excluding carboxylic acids is 1. The van der Waals surface area contributed by atoms with Crippen LogP contribution in [0, 0.1) is 40.7 Å². The van der Waals surface area contributed by atoms with Crippen LogP contribution in [0.2, 0.25) is 0 Å². The second-order valence-corrected chi connectivity index (χ2v) is 9.15. The molecular formula is C24H24F2N2O3. The highest BCUT2D eigenvalue weighted by Crippen LogP contribution is 2.52. The Bertz CT molecular complexity index is 1010. The molecule has 2 aliphatic rings. The Labute approximate surface area is 180 Å². The largest absolute Gasteiger partial charge is 0.487 e. The summed E-state index contributed by atoms with van der Waals surface area (Å²) in [6.07, 6.45) is -0.324. The summed E-state index contributed by atoms with van der Waals surface area (Å²) in [5.74, 6) is -1.18. The van der Waals surface area contributed by atoms with Crippen LogP contribution in [0.4, 0.5) is 13.6 Å². The van der Waals surface area contributed by atoms with E-state index in [1.165, 1.54) is 12.1 Å². The first kappa shape index (κ1) is 21.1. The molecule has 4 rings (SSSR count). The van der Waals surface area contributed by atoms with Crippen molar-refractivity contribution in [2.75, 3.05) is 19.7 Å². The maximum atomic E-state index is 14.5. The zero-order chi connectivity index (χ0) is 22.3. The highest BCUT2D eigenvalue weighted by molar-refractivity contribution is 5.69. The molecule has 162 valence electrons. The smallest absolute Gasteiger partial charge is 0.410 e. The van der Waals surface area contributed by atoms with Gasteiger partial charge in [-0.15, -0.1) is 0 Å². The number of benzene rings is 2. The molecule has 1 saturated carbocycles. The maximum absolute atomic E-state index is 14.5. The van der Waals surface area contributed by atoms with Gasteiger partial charge in [0.1, 0.15) is 5.60 Å². The van der Waals surface area contributed by atoms with E-state index in [4.69, 9.17) is 14.7 Å². The number of rotatable bonds is 4. The summed E-state index contributed by atoms with van der Waals surface area (Å²) in [4.78, 5) is 13.8. The van der Waals surface area contributed by atoms with Crippen LogP contribution in [0.3, 0.4) is 0 Å². The van der Waals surface area contributed by atoms with Crippen molar-refractivity contribution in [3.05, 3.63) is 53.6 Å². The molecule has 5 nitrogen and oxygen atoms in total. The second-order valence-electron chi connectivity index (χ2n) is 9.15. The molecule has 2 aromatic rings. The van der Waals surface area contributed by atoms with E-state index < -0.39 is 17.2 Å². The van der Waals surface area contributed by atoms with Crippen LogP contribution in [0.5, 0.6) is 5.75 Å². The zero-order valence-electron chi connectivity index (χ0n) is 17.7. The van der Waals surface area contributed by atoms with Gasteiger partial charge < -0.3 is 14.4 Å². The summed E-state index contributed by atoms with van der Waals surface area (Å²) in [6, 6.07) is 11.0. The minimum absolute atomic E-state index is 0.177. The first-order valence-electron chi connectivity index (χ1n) is 10.3. The van der Waals surface area contributed by atoms with Crippen LogP contribution < -0.4 is 4.74 Å². The van der Waals surface area contributed by atoms with Crippen molar-refractivity contribution in [3.8, 4) is 22.9 Å². The second kappa shape index (κ2) is 7.84. The van der Waals surface area contributed by atoms with Crippen LogP contribution in [0.15, 0.2) is 36.4 Å². The van der Waals surface area contributed by atoms with E-state index in [0.717, 1.165) is 0 Å². The lowest BCUT2D eigenvalue weighted by Gasteiger charge is -2.25. The first-order valence-corrected chi connectivity index (χ1v) is 10.3. The van der Waals surface area contributed by atoms with E-state index in [0.29, 0.717) is 29.8 Å². The highest BCUT2D eigenvalue weighted by Gasteiger charge is 2.57. The minimum atomic E-state index is -0.763. The van der Waals surface area contributed by atoms with Gasteiger partial charge in [0.15, 0.2) is 17.4 Å². The number of nitriles is 1. The normalized spacial score (nSPS) is 21.9. The van der Waals surface area contributed by atoms with E-state index in [1.807, 2.05) is 26.8 Å². The summed E-state index contributed by atoms with van der Waals surface area (Å²) in [5.41, 5.74) is 0.932. The van der Waals surface area contributed by atoms with Crippen molar-refractivity contribution < 1.29 is 23.0 Å². The van der Waals surface area contributed by atoms with Crippen LogP contribution in [-0.2, 0) is 4.74 Å². The summed E-state index contributed by atoms with van der Waals surface area (Å²) >= 11 is 0. The summed E-state index contributed by atoms with van der Waals surface area (Å²) in [5, 5.41) is 8.87. The topological polar surface area (TPSA) is 62.6 Å². The molecule has 1 amide bonds. The van der Waals surface area contributed by atoms with Crippen molar-refractivity contribution in [3.63, 3.8) is 0 Å². The molecule has 7 heteroatoms. The highest BCUT2D eigenvalue weighted by atomic mass is 19.1.